The molecule has 2 aromatic carbocycles. The van der Waals surface area contributed by atoms with E-state index < -0.39 is 11.7 Å². The molecule has 1 aromatic heterocycles. The fraction of sp³-hybridized carbons (Fsp3) is 0.435. The molecule has 0 bridgehead atoms. The molecule has 32 heavy (non-hydrogen) atoms. The average Bonchev–Trinajstić information content (AvgIpc) is 3.04. The number of hydrogen-bond acceptors (Lipinski definition) is 4. The Hall–Kier alpha value is -2.52. The third-order valence-electron chi connectivity index (χ3n) is 6.11. The summed E-state index contributed by atoms with van der Waals surface area (Å²) in [6.45, 7) is 0.291. The molecule has 4 rings (SSSR count). The van der Waals surface area contributed by atoms with Crippen molar-refractivity contribution < 1.29 is 27.8 Å². The van der Waals surface area contributed by atoms with Crippen LogP contribution in [0.15, 0.2) is 36.4 Å². The quantitative estimate of drug-likeness (QED) is 0.488. The maximum absolute atomic E-state index is 13.5. The zero-order valence-electron chi connectivity index (χ0n) is 17.9. The number of rotatable bonds is 5. The topological polar surface area (TPSA) is 48.5 Å². The first-order valence-electron chi connectivity index (χ1n) is 10.4. The summed E-state index contributed by atoms with van der Waals surface area (Å²) in [6, 6.07) is 9.22. The van der Waals surface area contributed by atoms with Crippen LogP contribution in [0.4, 0.5) is 13.2 Å². The molecule has 0 aliphatic heterocycles. The van der Waals surface area contributed by atoms with Gasteiger partial charge in [0.05, 0.1) is 43.5 Å². The molecule has 1 N–H and O–H groups in total. The van der Waals surface area contributed by atoms with E-state index in [0.29, 0.717) is 46.7 Å². The van der Waals surface area contributed by atoms with E-state index in [9.17, 15) is 18.3 Å². The lowest BCUT2D eigenvalue weighted by Gasteiger charge is -2.27. The summed E-state index contributed by atoms with van der Waals surface area (Å²) in [5.41, 5.74) is 1.22. The highest BCUT2D eigenvalue weighted by Gasteiger charge is 2.32. The van der Waals surface area contributed by atoms with Crippen molar-refractivity contribution in [3.63, 3.8) is 0 Å². The fourth-order valence-corrected chi connectivity index (χ4v) is 4.85. The number of benzene rings is 2. The molecule has 0 saturated heterocycles. The van der Waals surface area contributed by atoms with Crippen molar-refractivity contribution in [3.05, 3.63) is 52.3 Å². The highest BCUT2D eigenvalue weighted by atomic mass is 32.1. The van der Waals surface area contributed by atoms with E-state index in [-0.39, 0.29) is 12.1 Å². The number of halogens is 3. The minimum atomic E-state index is -4.45. The van der Waals surface area contributed by atoms with E-state index in [1.165, 1.54) is 19.2 Å². The first-order valence-corrected chi connectivity index (χ1v) is 10.8. The Kier molecular flexibility index (Phi) is 6.22. The predicted octanol–water partition coefficient (Wildman–Crippen LogP) is 5.73. The van der Waals surface area contributed by atoms with Crippen LogP contribution in [-0.2, 0) is 12.7 Å². The Morgan fingerprint density at radius 3 is 2.28 bits per heavy atom. The number of alkyl halides is 3. The molecule has 1 saturated carbocycles. The molecular weight excluding hydrogens is 441 g/mol. The average molecular weight is 467 g/mol. The molecule has 9 heteroatoms. The molecule has 172 valence electrons. The molecule has 3 aromatic rings. The lowest BCUT2D eigenvalue weighted by Crippen LogP contribution is -2.21. The minimum Gasteiger partial charge on any atom is -0.493 e. The Balaban J connectivity index is 1.85. The van der Waals surface area contributed by atoms with Crippen LogP contribution < -0.4 is 9.47 Å². The minimum absolute atomic E-state index is 0.0387. The zero-order valence-corrected chi connectivity index (χ0v) is 18.7. The molecule has 0 atom stereocenters. The van der Waals surface area contributed by atoms with Crippen molar-refractivity contribution in [2.24, 2.45) is 0 Å². The standard InChI is InChI=1S/C23H25F3N2O3S/c1-30-20-10-3-14(11-21(20)31-2)13-27-19-12-15(23(24,25)26)4-9-18(19)28(22(27)32)16-5-7-17(29)8-6-16/h3-4,9-12,16-17,29H,5-8,13H2,1-2H3/t16-,17-. The molecule has 0 spiro atoms. The van der Waals surface area contributed by atoms with Crippen molar-refractivity contribution in [1.29, 1.82) is 0 Å². The monoisotopic (exact) mass is 466 g/mol. The van der Waals surface area contributed by atoms with Crippen LogP contribution in [0.3, 0.4) is 0 Å². The summed E-state index contributed by atoms with van der Waals surface area (Å²) in [4.78, 5) is 0. The molecule has 1 aliphatic carbocycles. The highest BCUT2D eigenvalue weighted by Crippen LogP contribution is 2.37. The van der Waals surface area contributed by atoms with Gasteiger partial charge in [-0.15, -0.1) is 0 Å². The van der Waals surface area contributed by atoms with Gasteiger partial charge in [0.15, 0.2) is 16.3 Å². The first-order chi connectivity index (χ1) is 15.2. The number of fused-ring (bicyclic) bond motifs is 1. The van der Waals surface area contributed by atoms with Crippen LogP contribution in [0.5, 0.6) is 11.5 Å². The van der Waals surface area contributed by atoms with Gasteiger partial charge in [0.25, 0.3) is 0 Å². The molecule has 1 heterocycles. The normalized spacial score (nSPS) is 19.3. The third-order valence-corrected chi connectivity index (χ3v) is 6.53. The fourth-order valence-electron chi connectivity index (χ4n) is 4.44. The second-order valence-electron chi connectivity index (χ2n) is 8.09. The Morgan fingerprint density at radius 2 is 1.66 bits per heavy atom. The van der Waals surface area contributed by atoms with Crippen LogP contribution >= 0.6 is 12.2 Å². The second kappa shape index (κ2) is 8.78. The Bertz CT molecular complexity index is 1180. The second-order valence-corrected chi connectivity index (χ2v) is 8.46. The van der Waals surface area contributed by atoms with E-state index in [4.69, 9.17) is 21.7 Å². The number of ether oxygens (including phenoxy) is 2. The summed E-state index contributed by atoms with van der Waals surface area (Å²) < 4.78 is 55.2. The largest absolute Gasteiger partial charge is 0.493 e. The number of aliphatic hydroxyl groups is 1. The SMILES string of the molecule is COc1ccc(Cn2c(=S)n([C@H]3CC[C@H](O)CC3)c3ccc(C(F)(F)F)cc32)cc1OC. The van der Waals surface area contributed by atoms with Gasteiger partial charge in [-0.05, 0) is 73.8 Å². The van der Waals surface area contributed by atoms with Crippen LogP contribution in [0, 0.1) is 4.77 Å². The molecular formula is C23H25F3N2O3S. The van der Waals surface area contributed by atoms with Crippen molar-refractivity contribution >= 4 is 23.3 Å². The van der Waals surface area contributed by atoms with E-state index in [2.05, 4.69) is 0 Å². The van der Waals surface area contributed by atoms with E-state index in [1.54, 1.807) is 23.8 Å². The van der Waals surface area contributed by atoms with Crippen molar-refractivity contribution in [2.45, 2.75) is 50.6 Å². The number of aliphatic hydroxyl groups excluding tert-OH is 1. The Labute approximate surface area is 189 Å². The molecule has 1 aliphatic rings. The Morgan fingerprint density at radius 1 is 0.969 bits per heavy atom. The van der Waals surface area contributed by atoms with Gasteiger partial charge < -0.3 is 23.7 Å². The first kappa shape index (κ1) is 22.7. The van der Waals surface area contributed by atoms with Crippen LogP contribution in [0.1, 0.15) is 42.9 Å². The number of aromatic nitrogens is 2. The van der Waals surface area contributed by atoms with Crippen molar-refractivity contribution in [1.82, 2.24) is 9.13 Å². The van der Waals surface area contributed by atoms with Gasteiger partial charge in [-0.3, -0.25) is 0 Å². The van der Waals surface area contributed by atoms with Crippen LogP contribution in [-0.4, -0.2) is 34.6 Å². The summed E-state index contributed by atoms with van der Waals surface area (Å²) >= 11 is 5.78. The predicted molar refractivity (Wildman–Crippen MR) is 118 cm³/mol. The van der Waals surface area contributed by atoms with Crippen LogP contribution in [0.2, 0.25) is 0 Å². The van der Waals surface area contributed by atoms with Gasteiger partial charge in [0.1, 0.15) is 0 Å². The molecule has 0 radical (unpaired) electrons. The summed E-state index contributed by atoms with van der Waals surface area (Å²) in [6.07, 6.45) is -2.03. The van der Waals surface area contributed by atoms with Gasteiger partial charge in [0, 0.05) is 6.04 Å². The van der Waals surface area contributed by atoms with Crippen molar-refractivity contribution in [3.8, 4) is 11.5 Å². The smallest absolute Gasteiger partial charge is 0.416 e. The van der Waals surface area contributed by atoms with Gasteiger partial charge in [0.2, 0.25) is 0 Å². The summed E-state index contributed by atoms with van der Waals surface area (Å²) in [7, 11) is 3.08. The maximum atomic E-state index is 13.5. The number of nitrogens with zero attached hydrogens (tertiary/aromatic N) is 2. The molecule has 0 unspecified atom stereocenters. The van der Waals surface area contributed by atoms with Gasteiger partial charge in [-0.25, -0.2) is 0 Å². The van der Waals surface area contributed by atoms with Crippen LogP contribution in [0.25, 0.3) is 11.0 Å². The summed E-state index contributed by atoms with van der Waals surface area (Å²) in [5.74, 6) is 1.11. The van der Waals surface area contributed by atoms with E-state index >= 15 is 0 Å². The lowest BCUT2D eigenvalue weighted by atomic mass is 9.93. The number of imidazole rings is 1. The van der Waals surface area contributed by atoms with E-state index in [0.717, 1.165) is 24.5 Å². The lowest BCUT2D eigenvalue weighted by molar-refractivity contribution is -0.137. The molecule has 0 amide bonds. The molecule has 1 fully saturated rings. The van der Waals surface area contributed by atoms with Gasteiger partial charge in [-0.1, -0.05) is 6.07 Å². The van der Waals surface area contributed by atoms with Crippen molar-refractivity contribution in [2.75, 3.05) is 14.2 Å². The van der Waals surface area contributed by atoms with E-state index in [1.807, 2.05) is 10.6 Å². The number of methoxy groups -OCH3 is 2. The van der Waals surface area contributed by atoms with Gasteiger partial charge in [-0.2, -0.15) is 13.2 Å². The highest BCUT2D eigenvalue weighted by molar-refractivity contribution is 7.71. The molecule has 5 nitrogen and oxygen atoms in total. The zero-order chi connectivity index (χ0) is 23.0. The third kappa shape index (κ3) is 4.23. The van der Waals surface area contributed by atoms with Gasteiger partial charge >= 0.3 is 6.18 Å². The maximum Gasteiger partial charge on any atom is 0.416 e. The number of hydrogen-bond donors (Lipinski definition) is 1. The summed E-state index contributed by atoms with van der Waals surface area (Å²) in [5, 5.41) is 9.89.